The number of rotatable bonds is 2. The van der Waals surface area contributed by atoms with E-state index in [1.807, 2.05) is 18.2 Å². The monoisotopic (exact) mass is 271 g/mol. The molecule has 1 aromatic carbocycles. The lowest BCUT2D eigenvalue weighted by Crippen LogP contribution is -2.34. The molecule has 1 N–H and O–H groups in total. The van der Waals surface area contributed by atoms with Crippen LogP contribution in [-0.4, -0.2) is 29.1 Å². The predicted molar refractivity (Wildman–Crippen MR) is 72.7 cm³/mol. The molecule has 1 unspecified atom stereocenters. The molecule has 1 aromatic heterocycles. The summed E-state index contributed by atoms with van der Waals surface area (Å²) in [6.07, 6.45) is 2.86. The Kier molecular flexibility index (Phi) is 2.98. The molecule has 2 aromatic rings. The highest BCUT2D eigenvalue weighted by molar-refractivity contribution is 5.98. The van der Waals surface area contributed by atoms with Crippen LogP contribution in [0.1, 0.15) is 6.92 Å². The molecule has 6 nitrogen and oxygen atoms in total. The van der Waals surface area contributed by atoms with Crippen molar-refractivity contribution in [2.24, 2.45) is 0 Å². The number of amides is 1. The molecule has 1 amide bonds. The first-order valence-corrected chi connectivity index (χ1v) is 6.15. The number of nitrogens with zero attached hydrogens (tertiary/aromatic N) is 2. The summed E-state index contributed by atoms with van der Waals surface area (Å²) in [5.74, 6) is 0.510. The zero-order valence-corrected chi connectivity index (χ0v) is 11.1. The molecule has 1 aliphatic heterocycles. The summed E-state index contributed by atoms with van der Waals surface area (Å²) in [5, 5.41) is 2.81. The number of anilines is 1. The maximum absolute atomic E-state index is 11.6. The van der Waals surface area contributed by atoms with Gasteiger partial charge in [-0.3, -0.25) is 4.79 Å². The maximum atomic E-state index is 11.6. The van der Waals surface area contributed by atoms with Crippen LogP contribution in [0, 0.1) is 0 Å². The van der Waals surface area contributed by atoms with Crippen LogP contribution in [0.15, 0.2) is 30.6 Å². The number of carbonyl (C=O) groups excluding carboxylic acids is 1. The third kappa shape index (κ3) is 2.16. The highest BCUT2D eigenvalue weighted by Gasteiger charge is 2.23. The second-order valence-corrected chi connectivity index (χ2v) is 4.42. The van der Waals surface area contributed by atoms with Gasteiger partial charge in [0.2, 0.25) is 0 Å². The van der Waals surface area contributed by atoms with E-state index in [1.165, 1.54) is 7.11 Å². The Balaban J connectivity index is 1.95. The van der Waals surface area contributed by atoms with E-state index in [0.29, 0.717) is 17.4 Å². The second-order valence-electron chi connectivity index (χ2n) is 4.42. The van der Waals surface area contributed by atoms with Crippen molar-refractivity contribution in [3.05, 3.63) is 30.6 Å². The molecule has 0 spiro atoms. The molecule has 0 saturated heterocycles. The first kappa shape index (κ1) is 12.4. The summed E-state index contributed by atoms with van der Waals surface area (Å²) in [6, 6.07) is 5.88. The van der Waals surface area contributed by atoms with Crippen LogP contribution in [0.4, 0.5) is 5.69 Å². The summed E-state index contributed by atoms with van der Waals surface area (Å²) in [7, 11) is 1.52. The molecule has 20 heavy (non-hydrogen) atoms. The molecule has 0 bridgehead atoms. The van der Waals surface area contributed by atoms with E-state index < -0.39 is 6.10 Å². The van der Waals surface area contributed by atoms with E-state index in [9.17, 15) is 4.79 Å². The lowest BCUT2D eigenvalue weighted by molar-refractivity contribution is -0.122. The Morgan fingerprint density at radius 1 is 1.25 bits per heavy atom. The van der Waals surface area contributed by atoms with Crippen LogP contribution in [0.2, 0.25) is 0 Å². The van der Waals surface area contributed by atoms with Crippen molar-refractivity contribution >= 4 is 11.6 Å². The number of nitrogens with one attached hydrogen (secondary N) is 1. The van der Waals surface area contributed by atoms with E-state index in [4.69, 9.17) is 9.47 Å². The van der Waals surface area contributed by atoms with E-state index in [2.05, 4.69) is 15.3 Å². The Hall–Kier alpha value is -2.63. The third-order valence-corrected chi connectivity index (χ3v) is 3.05. The standard InChI is InChI=1S/C14H13N3O3/c1-8-13(18)17-11-5-9(3-4-12(11)20-8)10-6-15-14(19-2)16-7-10/h3-8H,1-2H3,(H,17,18). The van der Waals surface area contributed by atoms with Crippen LogP contribution < -0.4 is 14.8 Å². The molecular formula is C14H13N3O3. The average Bonchev–Trinajstić information content (AvgIpc) is 2.48. The lowest BCUT2D eigenvalue weighted by atomic mass is 10.1. The van der Waals surface area contributed by atoms with Gasteiger partial charge >= 0.3 is 6.01 Å². The highest BCUT2D eigenvalue weighted by atomic mass is 16.5. The number of fused-ring (bicyclic) bond motifs is 1. The fraction of sp³-hybridized carbons (Fsp3) is 0.214. The minimum Gasteiger partial charge on any atom is -0.479 e. The molecule has 1 aliphatic rings. The summed E-state index contributed by atoms with van der Waals surface area (Å²) >= 11 is 0. The number of carbonyl (C=O) groups is 1. The maximum Gasteiger partial charge on any atom is 0.316 e. The Bertz CT molecular complexity index is 655. The van der Waals surface area contributed by atoms with Gasteiger partial charge in [0.1, 0.15) is 5.75 Å². The smallest absolute Gasteiger partial charge is 0.316 e. The number of methoxy groups -OCH3 is 1. The molecule has 0 fully saturated rings. The predicted octanol–water partition coefficient (Wildman–Crippen LogP) is 1.87. The molecule has 102 valence electrons. The van der Waals surface area contributed by atoms with Crippen LogP contribution >= 0.6 is 0 Å². The summed E-state index contributed by atoms with van der Waals surface area (Å²) in [6.45, 7) is 1.71. The Morgan fingerprint density at radius 3 is 2.70 bits per heavy atom. The van der Waals surface area contributed by atoms with Crippen molar-refractivity contribution < 1.29 is 14.3 Å². The topological polar surface area (TPSA) is 73.3 Å². The van der Waals surface area contributed by atoms with Gasteiger partial charge < -0.3 is 14.8 Å². The normalized spacial score (nSPS) is 16.9. The molecule has 0 radical (unpaired) electrons. The number of benzene rings is 1. The van der Waals surface area contributed by atoms with Crippen molar-refractivity contribution in [2.45, 2.75) is 13.0 Å². The van der Waals surface area contributed by atoms with Crippen LogP contribution in [0.5, 0.6) is 11.8 Å². The van der Waals surface area contributed by atoms with Gasteiger partial charge in [-0.1, -0.05) is 6.07 Å². The quantitative estimate of drug-likeness (QED) is 0.902. The first-order valence-electron chi connectivity index (χ1n) is 6.15. The van der Waals surface area contributed by atoms with Gasteiger partial charge in [-0.2, -0.15) is 0 Å². The largest absolute Gasteiger partial charge is 0.479 e. The van der Waals surface area contributed by atoms with E-state index in [1.54, 1.807) is 19.3 Å². The number of aromatic nitrogens is 2. The second kappa shape index (κ2) is 4.80. The molecule has 0 aliphatic carbocycles. The van der Waals surface area contributed by atoms with Crippen molar-refractivity contribution in [1.29, 1.82) is 0 Å². The fourth-order valence-electron chi connectivity index (χ4n) is 1.96. The minimum atomic E-state index is -0.474. The van der Waals surface area contributed by atoms with Crippen molar-refractivity contribution in [1.82, 2.24) is 9.97 Å². The summed E-state index contributed by atoms with van der Waals surface area (Å²) in [5.41, 5.74) is 2.38. The number of hydrogen-bond donors (Lipinski definition) is 1. The first-order chi connectivity index (χ1) is 9.67. The van der Waals surface area contributed by atoms with Crippen LogP contribution in [0.25, 0.3) is 11.1 Å². The number of ether oxygens (including phenoxy) is 2. The average molecular weight is 271 g/mol. The lowest BCUT2D eigenvalue weighted by Gasteiger charge is -2.23. The zero-order chi connectivity index (χ0) is 14.1. The highest BCUT2D eigenvalue weighted by Crippen LogP contribution is 2.33. The molecule has 0 saturated carbocycles. The van der Waals surface area contributed by atoms with E-state index >= 15 is 0 Å². The van der Waals surface area contributed by atoms with Crippen molar-refractivity contribution in [3.8, 4) is 22.9 Å². The van der Waals surface area contributed by atoms with E-state index in [0.717, 1.165) is 11.1 Å². The van der Waals surface area contributed by atoms with Gasteiger partial charge in [0, 0.05) is 18.0 Å². The van der Waals surface area contributed by atoms with E-state index in [-0.39, 0.29) is 5.91 Å². The molecule has 1 atom stereocenters. The van der Waals surface area contributed by atoms with Crippen LogP contribution in [-0.2, 0) is 4.79 Å². The van der Waals surface area contributed by atoms with Crippen molar-refractivity contribution in [3.63, 3.8) is 0 Å². The zero-order valence-electron chi connectivity index (χ0n) is 11.1. The van der Waals surface area contributed by atoms with Gasteiger partial charge in [-0.15, -0.1) is 0 Å². The third-order valence-electron chi connectivity index (χ3n) is 3.05. The molecular weight excluding hydrogens is 258 g/mol. The van der Waals surface area contributed by atoms with Gasteiger partial charge in [0.15, 0.2) is 6.10 Å². The van der Waals surface area contributed by atoms with Crippen LogP contribution in [0.3, 0.4) is 0 Å². The van der Waals surface area contributed by atoms with Gasteiger partial charge in [-0.05, 0) is 24.6 Å². The minimum absolute atomic E-state index is 0.152. The van der Waals surface area contributed by atoms with Crippen molar-refractivity contribution in [2.75, 3.05) is 12.4 Å². The number of hydrogen-bond acceptors (Lipinski definition) is 5. The van der Waals surface area contributed by atoms with Gasteiger partial charge in [0.25, 0.3) is 5.91 Å². The van der Waals surface area contributed by atoms with Gasteiger partial charge in [0.05, 0.1) is 12.8 Å². The summed E-state index contributed by atoms with van der Waals surface area (Å²) < 4.78 is 10.4. The Morgan fingerprint density at radius 2 is 2.00 bits per heavy atom. The molecule has 6 heteroatoms. The molecule has 2 heterocycles. The Labute approximate surface area is 115 Å². The van der Waals surface area contributed by atoms with Gasteiger partial charge in [-0.25, -0.2) is 9.97 Å². The SMILES string of the molecule is COc1ncc(-c2ccc3c(c2)NC(=O)C(C)O3)cn1. The summed E-state index contributed by atoms with van der Waals surface area (Å²) in [4.78, 5) is 19.7. The molecule has 3 rings (SSSR count). The fourth-order valence-corrected chi connectivity index (χ4v) is 1.96.